The van der Waals surface area contributed by atoms with Crippen LogP contribution in [0.4, 0.5) is 0 Å². The monoisotopic (exact) mass is 257 g/mol. The standard InChI is InChI=1S/C16H23N3/c1-4-6-12-7-9-13(10-8-12)16(17)15-11-14(5-2)18-19(15)3/h7-11,16H,4-6,17H2,1-3H3. The van der Waals surface area contributed by atoms with Gasteiger partial charge in [0.25, 0.3) is 0 Å². The second-order valence-electron chi connectivity index (χ2n) is 5.01. The van der Waals surface area contributed by atoms with Gasteiger partial charge in [-0.3, -0.25) is 4.68 Å². The summed E-state index contributed by atoms with van der Waals surface area (Å²) in [6.45, 7) is 4.30. The SMILES string of the molecule is CCCc1ccc(C(N)c2cc(CC)nn2C)cc1. The zero-order chi connectivity index (χ0) is 13.8. The number of aryl methyl sites for hydroxylation is 3. The maximum Gasteiger partial charge on any atom is 0.0723 e. The van der Waals surface area contributed by atoms with Crippen molar-refractivity contribution in [1.82, 2.24) is 9.78 Å². The number of aromatic nitrogens is 2. The van der Waals surface area contributed by atoms with Crippen LogP contribution in [0.25, 0.3) is 0 Å². The molecule has 2 rings (SSSR count). The van der Waals surface area contributed by atoms with Gasteiger partial charge in [-0.1, -0.05) is 44.5 Å². The first-order valence-electron chi connectivity index (χ1n) is 7.03. The molecule has 0 radical (unpaired) electrons. The molecule has 102 valence electrons. The molecule has 2 N–H and O–H groups in total. The van der Waals surface area contributed by atoms with Gasteiger partial charge < -0.3 is 5.73 Å². The van der Waals surface area contributed by atoms with E-state index in [-0.39, 0.29) is 6.04 Å². The molecule has 2 aromatic rings. The fourth-order valence-corrected chi connectivity index (χ4v) is 2.36. The summed E-state index contributed by atoms with van der Waals surface area (Å²) in [6.07, 6.45) is 3.24. The van der Waals surface area contributed by atoms with E-state index in [1.807, 2.05) is 11.7 Å². The van der Waals surface area contributed by atoms with E-state index < -0.39 is 0 Å². The molecule has 1 heterocycles. The number of hydrogen-bond donors (Lipinski definition) is 1. The van der Waals surface area contributed by atoms with E-state index in [2.05, 4.69) is 49.3 Å². The van der Waals surface area contributed by atoms with E-state index in [9.17, 15) is 0 Å². The summed E-state index contributed by atoms with van der Waals surface area (Å²) in [5.74, 6) is 0. The minimum absolute atomic E-state index is 0.103. The van der Waals surface area contributed by atoms with E-state index in [0.717, 1.165) is 29.8 Å². The Hall–Kier alpha value is -1.61. The second-order valence-corrected chi connectivity index (χ2v) is 5.01. The normalized spacial score (nSPS) is 12.6. The van der Waals surface area contributed by atoms with Crippen LogP contribution in [-0.4, -0.2) is 9.78 Å². The molecule has 1 atom stereocenters. The fraction of sp³-hybridized carbons (Fsp3) is 0.438. The quantitative estimate of drug-likeness (QED) is 0.895. The molecule has 1 unspecified atom stereocenters. The van der Waals surface area contributed by atoms with Crippen molar-refractivity contribution in [3.05, 3.63) is 52.8 Å². The smallest absolute Gasteiger partial charge is 0.0723 e. The lowest BCUT2D eigenvalue weighted by Crippen LogP contribution is -2.15. The zero-order valence-corrected chi connectivity index (χ0v) is 12.1. The van der Waals surface area contributed by atoms with Crippen LogP contribution in [0, 0.1) is 0 Å². The van der Waals surface area contributed by atoms with Gasteiger partial charge in [0.15, 0.2) is 0 Å². The average Bonchev–Trinajstić information content (AvgIpc) is 2.80. The van der Waals surface area contributed by atoms with Gasteiger partial charge in [0.1, 0.15) is 0 Å². The van der Waals surface area contributed by atoms with Gasteiger partial charge in [-0.15, -0.1) is 0 Å². The number of nitrogens with zero attached hydrogens (tertiary/aromatic N) is 2. The lowest BCUT2D eigenvalue weighted by molar-refractivity contribution is 0.666. The highest BCUT2D eigenvalue weighted by molar-refractivity contribution is 5.31. The average molecular weight is 257 g/mol. The maximum absolute atomic E-state index is 6.35. The first-order valence-corrected chi connectivity index (χ1v) is 7.03. The molecule has 0 saturated carbocycles. The summed E-state index contributed by atoms with van der Waals surface area (Å²) in [5.41, 5.74) is 11.0. The minimum Gasteiger partial charge on any atom is -0.319 e. The highest BCUT2D eigenvalue weighted by Gasteiger charge is 2.14. The molecule has 0 saturated heterocycles. The summed E-state index contributed by atoms with van der Waals surface area (Å²) in [6, 6.07) is 10.6. The van der Waals surface area contributed by atoms with Crippen molar-refractivity contribution < 1.29 is 0 Å². The van der Waals surface area contributed by atoms with E-state index >= 15 is 0 Å². The summed E-state index contributed by atoms with van der Waals surface area (Å²) in [4.78, 5) is 0. The third-order valence-electron chi connectivity index (χ3n) is 3.53. The highest BCUT2D eigenvalue weighted by Crippen LogP contribution is 2.21. The van der Waals surface area contributed by atoms with Crippen LogP contribution in [-0.2, 0) is 19.9 Å². The Morgan fingerprint density at radius 1 is 1.21 bits per heavy atom. The predicted molar refractivity (Wildman–Crippen MR) is 79.1 cm³/mol. The summed E-state index contributed by atoms with van der Waals surface area (Å²) in [7, 11) is 1.96. The van der Waals surface area contributed by atoms with Crippen LogP contribution in [0.2, 0.25) is 0 Å². The van der Waals surface area contributed by atoms with Crippen molar-refractivity contribution in [3.63, 3.8) is 0 Å². The molecule has 3 nitrogen and oxygen atoms in total. The van der Waals surface area contributed by atoms with Crippen molar-refractivity contribution in [2.24, 2.45) is 12.8 Å². The van der Waals surface area contributed by atoms with Crippen molar-refractivity contribution in [2.45, 2.75) is 39.2 Å². The third kappa shape index (κ3) is 3.04. The first-order chi connectivity index (χ1) is 9.15. The highest BCUT2D eigenvalue weighted by atomic mass is 15.3. The van der Waals surface area contributed by atoms with Gasteiger partial charge >= 0.3 is 0 Å². The van der Waals surface area contributed by atoms with E-state index in [4.69, 9.17) is 5.73 Å². The van der Waals surface area contributed by atoms with E-state index in [0.29, 0.717) is 0 Å². The minimum atomic E-state index is -0.103. The Bertz CT molecular complexity index is 525. The van der Waals surface area contributed by atoms with Crippen LogP contribution >= 0.6 is 0 Å². The number of benzene rings is 1. The molecular formula is C16H23N3. The molecule has 19 heavy (non-hydrogen) atoms. The number of nitrogens with two attached hydrogens (primary N) is 1. The molecular weight excluding hydrogens is 234 g/mol. The van der Waals surface area contributed by atoms with Crippen molar-refractivity contribution in [2.75, 3.05) is 0 Å². The van der Waals surface area contributed by atoms with Crippen LogP contribution in [0.3, 0.4) is 0 Å². The van der Waals surface area contributed by atoms with Gasteiger partial charge in [-0.25, -0.2) is 0 Å². The van der Waals surface area contributed by atoms with E-state index in [1.165, 1.54) is 12.0 Å². The van der Waals surface area contributed by atoms with Crippen LogP contribution < -0.4 is 5.73 Å². The van der Waals surface area contributed by atoms with Gasteiger partial charge in [0.2, 0.25) is 0 Å². The Morgan fingerprint density at radius 3 is 2.42 bits per heavy atom. The molecule has 0 aliphatic rings. The Balaban J connectivity index is 2.22. The molecule has 3 heteroatoms. The summed E-state index contributed by atoms with van der Waals surface area (Å²) in [5, 5.41) is 4.46. The summed E-state index contributed by atoms with van der Waals surface area (Å²) < 4.78 is 1.89. The zero-order valence-electron chi connectivity index (χ0n) is 12.1. The van der Waals surface area contributed by atoms with Crippen molar-refractivity contribution in [1.29, 1.82) is 0 Å². The van der Waals surface area contributed by atoms with Gasteiger partial charge in [-0.2, -0.15) is 5.10 Å². The molecule has 0 fully saturated rings. The molecule has 0 amide bonds. The molecule has 0 spiro atoms. The van der Waals surface area contributed by atoms with Gasteiger partial charge in [-0.05, 0) is 30.0 Å². The second kappa shape index (κ2) is 6.02. The van der Waals surface area contributed by atoms with Crippen LogP contribution in [0.1, 0.15) is 48.8 Å². The molecule has 1 aromatic carbocycles. The molecule has 0 aliphatic heterocycles. The lowest BCUT2D eigenvalue weighted by Gasteiger charge is -2.13. The maximum atomic E-state index is 6.35. The summed E-state index contributed by atoms with van der Waals surface area (Å²) >= 11 is 0. The van der Waals surface area contributed by atoms with E-state index in [1.54, 1.807) is 0 Å². The van der Waals surface area contributed by atoms with Crippen LogP contribution in [0.5, 0.6) is 0 Å². The predicted octanol–water partition coefficient (Wildman–Crippen LogP) is 2.98. The Labute approximate surface area is 115 Å². The third-order valence-corrected chi connectivity index (χ3v) is 3.53. The van der Waals surface area contributed by atoms with Crippen LogP contribution in [0.15, 0.2) is 30.3 Å². The molecule has 0 aliphatic carbocycles. The van der Waals surface area contributed by atoms with Crippen molar-refractivity contribution in [3.8, 4) is 0 Å². The largest absolute Gasteiger partial charge is 0.319 e. The van der Waals surface area contributed by atoms with Gasteiger partial charge in [0, 0.05) is 7.05 Å². The number of hydrogen-bond acceptors (Lipinski definition) is 2. The fourth-order valence-electron chi connectivity index (χ4n) is 2.36. The van der Waals surface area contributed by atoms with Crippen molar-refractivity contribution >= 4 is 0 Å². The Kier molecular flexibility index (Phi) is 4.38. The lowest BCUT2D eigenvalue weighted by atomic mass is 10.0. The van der Waals surface area contributed by atoms with Gasteiger partial charge in [0.05, 0.1) is 17.4 Å². The first kappa shape index (κ1) is 13.8. The Morgan fingerprint density at radius 2 is 1.89 bits per heavy atom. The number of rotatable bonds is 5. The molecule has 1 aromatic heterocycles. The molecule has 0 bridgehead atoms. The topological polar surface area (TPSA) is 43.8 Å².